The molecule has 0 unspecified atom stereocenters. The molecule has 0 bridgehead atoms. The summed E-state index contributed by atoms with van der Waals surface area (Å²) in [6.45, 7) is 6.49. The van der Waals surface area contributed by atoms with Crippen molar-refractivity contribution in [1.29, 1.82) is 0 Å². The fourth-order valence-electron chi connectivity index (χ4n) is 3.52. The van der Waals surface area contributed by atoms with Crippen LogP contribution in [0.4, 0.5) is 0 Å². The molecule has 1 aliphatic heterocycles. The van der Waals surface area contributed by atoms with Crippen LogP contribution >= 0.6 is 0 Å². The van der Waals surface area contributed by atoms with Crippen LogP contribution in [0.1, 0.15) is 49.1 Å². The maximum atomic E-state index is 10.5. The Bertz CT molecular complexity index is 686. The summed E-state index contributed by atoms with van der Waals surface area (Å²) in [7, 11) is 0. The molecule has 1 aromatic heterocycles. The quantitative estimate of drug-likeness (QED) is 0.868. The molecule has 1 aliphatic carbocycles. The van der Waals surface area contributed by atoms with Crippen LogP contribution in [0.2, 0.25) is 0 Å². The Hall–Kier alpha value is -1.76. The first-order chi connectivity index (χ1) is 12.2. The minimum absolute atomic E-state index is 0.391. The molecule has 0 radical (unpaired) electrons. The average molecular weight is 342 g/mol. The van der Waals surface area contributed by atoms with Gasteiger partial charge in [-0.25, -0.2) is 0 Å². The highest BCUT2D eigenvalue weighted by Gasteiger charge is 2.31. The van der Waals surface area contributed by atoms with Crippen molar-refractivity contribution in [3.05, 3.63) is 47.6 Å². The van der Waals surface area contributed by atoms with Gasteiger partial charge in [0.25, 0.3) is 0 Å². The van der Waals surface area contributed by atoms with Crippen molar-refractivity contribution in [1.82, 2.24) is 19.9 Å². The fraction of sp³-hybridized carbons (Fsp3) is 0.579. The molecule has 1 aromatic carbocycles. The van der Waals surface area contributed by atoms with Crippen LogP contribution in [0, 0.1) is 0 Å². The third-order valence-corrected chi connectivity index (χ3v) is 5.22. The number of rotatable bonds is 6. The summed E-state index contributed by atoms with van der Waals surface area (Å²) in [6, 6.07) is 10.3. The molecule has 2 fully saturated rings. The number of aromatic nitrogens is 2. The summed E-state index contributed by atoms with van der Waals surface area (Å²) in [5, 5.41) is 14.6. The van der Waals surface area contributed by atoms with Gasteiger partial charge in [0.1, 0.15) is 0 Å². The van der Waals surface area contributed by atoms with Crippen molar-refractivity contribution in [2.45, 2.75) is 44.4 Å². The largest absolute Gasteiger partial charge is 0.387 e. The number of hydrogen-bond donors (Lipinski definition) is 1. The van der Waals surface area contributed by atoms with Gasteiger partial charge < -0.3 is 9.63 Å². The van der Waals surface area contributed by atoms with Gasteiger partial charge in [0.2, 0.25) is 5.89 Å². The van der Waals surface area contributed by atoms with Crippen LogP contribution in [-0.2, 0) is 6.54 Å². The summed E-state index contributed by atoms with van der Waals surface area (Å²) in [4.78, 5) is 9.26. The molecule has 2 aliphatic rings. The van der Waals surface area contributed by atoms with E-state index in [0.717, 1.165) is 43.5 Å². The monoisotopic (exact) mass is 342 g/mol. The third kappa shape index (κ3) is 4.08. The van der Waals surface area contributed by atoms with Gasteiger partial charge in [-0.1, -0.05) is 35.5 Å². The zero-order valence-electron chi connectivity index (χ0n) is 14.7. The number of piperazine rings is 1. The van der Waals surface area contributed by atoms with Gasteiger partial charge in [0.05, 0.1) is 12.6 Å². The van der Waals surface area contributed by atoms with Crippen molar-refractivity contribution in [2.75, 3.05) is 26.2 Å². The molecule has 25 heavy (non-hydrogen) atoms. The van der Waals surface area contributed by atoms with Crippen LogP contribution in [-0.4, -0.2) is 57.3 Å². The van der Waals surface area contributed by atoms with Crippen LogP contribution in [0.3, 0.4) is 0 Å². The number of nitrogens with zero attached hydrogens (tertiary/aromatic N) is 4. The van der Waals surface area contributed by atoms with Gasteiger partial charge >= 0.3 is 0 Å². The van der Waals surface area contributed by atoms with Crippen molar-refractivity contribution in [3.8, 4) is 0 Å². The zero-order chi connectivity index (χ0) is 17.2. The van der Waals surface area contributed by atoms with Crippen LogP contribution in [0.15, 0.2) is 34.9 Å². The average Bonchev–Trinajstić information content (AvgIpc) is 3.38. The Morgan fingerprint density at radius 1 is 1.24 bits per heavy atom. The van der Waals surface area contributed by atoms with E-state index in [1.807, 2.05) is 30.3 Å². The molecule has 1 N–H and O–H groups in total. The lowest BCUT2D eigenvalue weighted by Crippen LogP contribution is -2.52. The third-order valence-electron chi connectivity index (χ3n) is 5.22. The molecule has 2 aromatic rings. The van der Waals surface area contributed by atoms with Gasteiger partial charge in [-0.15, -0.1) is 0 Å². The molecule has 2 atom stereocenters. The second kappa shape index (κ2) is 7.23. The Labute approximate surface area is 148 Å². The maximum absolute atomic E-state index is 10.5. The van der Waals surface area contributed by atoms with Crippen molar-refractivity contribution in [2.24, 2.45) is 0 Å². The van der Waals surface area contributed by atoms with Crippen LogP contribution < -0.4 is 0 Å². The SMILES string of the molecule is C[C@H]1CN(Cc2noc(C3CC3)n2)CCN1C[C@@H](O)c1ccccc1. The van der Waals surface area contributed by atoms with Gasteiger partial charge in [-0.2, -0.15) is 4.98 Å². The van der Waals surface area contributed by atoms with E-state index in [0.29, 0.717) is 18.5 Å². The highest BCUT2D eigenvalue weighted by atomic mass is 16.5. The second-order valence-electron chi connectivity index (χ2n) is 7.33. The Morgan fingerprint density at radius 2 is 2.04 bits per heavy atom. The summed E-state index contributed by atoms with van der Waals surface area (Å²) in [5.74, 6) is 2.12. The molecule has 0 spiro atoms. The molecule has 1 saturated carbocycles. The lowest BCUT2D eigenvalue weighted by atomic mass is 10.1. The molecule has 0 amide bonds. The van der Waals surface area contributed by atoms with Gasteiger partial charge in [-0.05, 0) is 25.3 Å². The summed E-state index contributed by atoms with van der Waals surface area (Å²) in [5.41, 5.74) is 0.983. The molecular weight excluding hydrogens is 316 g/mol. The van der Waals surface area contributed by atoms with E-state index in [-0.39, 0.29) is 0 Å². The van der Waals surface area contributed by atoms with E-state index < -0.39 is 6.10 Å². The first-order valence-electron chi connectivity index (χ1n) is 9.21. The first-order valence-corrected chi connectivity index (χ1v) is 9.21. The van der Waals surface area contributed by atoms with Crippen LogP contribution in [0.5, 0.6) is 0 Å². The van der Waals surface area contributed by atoms with Crippen molar-refractivity contribution in [3.63, 3.8) is 0 Å². The Balaban J connectivity index is 1.29. The molecular formula is C19H26N4O2. The topological polar surface area (TPSA) is 65.6 Å². The highest BCUT2D eigenvalue weighted by molar-refractivity contribution is 5.17. The van der Waals surface area contributed by atoms with E-state index in [2.05, 4.69) is 26.9 Å². The normalized spacial score (nSPS) is 23.7. The standard InChI is InChI=1S/C19H26N4O2/c1-14-11-22(13-18-20-19(25-21-18)16-7-8-16)9-10-23(14)12-17(24)15-5-3-2-4-6-15/h2-6,14,16-17,24H,7-13H2,1H3/t14-,17+/m0/s1. The maximum Gasteiger partial charge on any atom is 0.229 e. The lowest BCUT2D eigenvalue weighted by Gasteiger charge is -2.40. The van der Waals surface area contributed by atoms with E-state index in [1.54, 1.807) is 0 Å². The van der Waals surface area contributed by atoms with Gasteiger partial charge in [0, 0.05) is 38.1 Å². The van der Waals surface area contributed by atoms with Crippen molar-refractivity contribution < 1.29 is 9.63 Å². The smallest absolute Gasteiger partial charge is 0.229 e. The van der Waals surface area contributed by atoms with E-state index in [4.69, 9.17) is 4.52 Å². The van der Waals surface area contributed by atoms with Crippen LogP contribution in [0.25, 0.3) is 0 Å². The number of aliphatic hydroxyl groups excluding tert-OH is 1. The number of hydrogen-bond acceptors (Lipinski definition) is 6. The molecule has 2 heterocycles. The molecule has 4 rings (SSSR count). The lowest BCUT2D eigenvalue weighted by molar-refractivity contribution is 0.0351. The Morgan fingerprint density at radius 3 is 2.76 bits per heavy atom. The second-order valence-corrected chi connectivity index (χ2v) is 7.33. The van der Waals surface area contributed by atoms with Gasteiger partial charge in [-0.3, -0.25) is 9.80 Å². The molecule has 1 saturated heterocycles. The number of aliphatic hydroxyl groups is 1. The molecule has 134 valence electrons. The van der Waals surface area contributed by atoms with Gasteiger partial charge in [0.15, 0.2) is 5.82 Å². The van der Waals surface area contributed by atoms with E-state index in [9.17, 15) is 5.11 Å². The predicted octanol–water partition coefficient (Wildman–Crippen LogP) is 2.19. The first kappa shape index (κ1) is 16.7. The highest BCUT2D eigenvalue weighted by Crippen LogP contribution is 2.38. The predicted molar refractivity (Wildman–Crippen MR) is 94.0 cm³/mol. The molecule has 6 heteroatoms. The van der Waals surface area contributed by atoms with E-state index in [1.165, 1.54) is 12.8 Å². The zero-order valence-corrected chi connectivity index (χ0v) is 14.7. The van der Waals surface area contributed by atoms with E-state index >= 15 is 0 Å². The summed E-state index contributed by atoms with van der Waals surface area (Å²) >= 11 is 0. The number of benzene rings is 1. The Kier molecular flexibility index (Phi) is 4.83. The minimum Gasteiger partial charge on any atom is -0.387 e. The number of β-amino-alcohol motifs (C(OH)–C–C–N with tert-alkyl or cyclic N) is 1. The minimum atomic E-state index is -0.437. The van der Waals surface area contributed by atoms with Crippen molar-refractivity contribution >= 4 is 0 Å². The fourth-order valence-corrected chi connectivity index (χ4v) is 3.52. The summed E-state index contributed by atoms with van der Waals surface area (Å²) < 4.78 is 5.35. The summed E-state index contributed by atoms with van der Waals surface area (Å²) in [6.07, 6.45) is 1.93. The molecule has 6 nitrogen and oxygen atoms in total.